The van der Waals surface area contributed by atoms with Crippen LogP contribution in [-0.2, 0) is 11.0 Å². The number of unbranched alkanes of at least 4 members (excludes halogenated alkanes) is 4. The molecule has 0 spiro atoms. The van der Waals surface area contributed by atoms with E-state index in [2.05, 4.69) is 6.92 Å². The SMILES string of the molecule is CCCCCCCOc1ccc(C2CCC(=O)C2)cc1C(F)(F)F. The van der Waals surface area contributed by atoms with Gasteiger partial charge in [-0.25, -0.2) is 0 Å². The van der Waals surface area contributed by atoms with Crippen LogP contribution in [0.15, 0.2) is 18.2 Å². The number of ketones is 1. The van der Waals surface area contributed by atoms with Crippen molar-refractivity contribution in [1.29, 1.82) is 0 Å². The molecule has 0 amide bonds. The molecular weight excluding hydrogens is 317 g/mol. The Morgan fingerprint density at radius 2 is 1.92 bits per heavy atom. The van der Waals surface area contributed by atoms with E-state index in [0.717, 1.165) is 38.2 Å². The lowest BCUT2D eigenvalue weighted by molar-refractivity contribution is -0.139. The maximum atomic E-state index is 13.3. The normalized spacial score (nSPS) is 18.2. The van der Waals surface area contributed by atoms with Crippen molar-refractivity contribution in [3.05, 3.63) is 29.3 Å². The molecule has 5 heteroatoms. The average Bonchev–Trinajstić information content (AvgIpc) is 2.96. The van der Waals surface area contributed by atoms with Gasteiger partial charge >= 0.3 is 6.18 Å². The number of ether oxygens (including phenoxy) is 1. The lowest BCUT2D eigenvalue weighted by Gasteiger charge is -2.17. The molecule has 1 aromatic carbocycles. The third kappa shape index (κ3) is 5.25. The third-order valence-corrected chi connectivity index (χ3v) is 4.53. The van der Waals surface area contributed by atoms with Gasteiger partial charge in [-0.1, -0.05) is 38.7 Å². The fourth-order valence-electron chi connectivity index (χ4n) is 3.14. The molecule has 134 valence electrons. The molecule has 1 atom stereocenters. The summed E-state index contributed by atoms with van der Waals surface area (Å²) in [6.45, 7) is 2.42. The van der Waals surface area contributed by atoms with Crippen molar-refractivity contribution in [3.8, 4) is 5.75 Å². The third-order valence-electron chi connectivity index (χ3n) is 4.53. The van der Waals surface area contributed by atoms with Gasteiger partial charge in [0.15, 0.2) is 0 Å². The van der Waals surface area contributed by atoms with Crippen LogP contribution in [0, 0.1) is 0 Å². The minimum Gasteiger partial charge on any atom is -0.493 e. The fourth-order valence-corrected chi connectivity index (χ4v) is 3.14. The number of benzene rings is 1. The van der Waals surface area contributed by atoms with Crippen LogP contribution >= 0.6 is 0 Å². The first-order valence-corrected chi connectivity index (χ1v) is 8.77. The molecule has 0 N–H and O–H groups in total. The molecule has 1 aliphatic rings. The number of rotatable bonds is 8. The molecule has 0 saturated heterocycles. The molecule has 1 unspecified atom stereocenters. The van der Waals surface area contributed by atoms with Crippen LogP contribution < -0.4 is 4.74 Å². The van der Waals surface area contributed by atoms with Crippen molar-refractivity contribution in [2.45, 2.75) is 70.4 Å². The summed E-state index contributed by atoms with van der Waals surface area (Å²) in [4.78, 5) is 11.4. The standard InChI is InChI=1S/C19H25F3O2/c1-2-3-4-5-6-11-24-18-10-8-15(13-17(18)19(20,21)22)14-7-9-16(23)12-14/h8,10,13-14H,2-7,9,11-12H2,1H3. The number of Topliss-reactive ketones (excluding diaryl/α,β-unsaturated/α-hetero) is 1. The summed E-state index contributed by atoms with van der Waals surface area (Å²) in [6, 6.07) is 4.24. The van der Waals surface area contributed by atoms with Crippen LogP contribution in [0.1, 0.15) is 75.3 Å². The van der Waals surface area contributed by atoms with E-state index in [9.17, 15) is 18.0 Å². The summed E-state index contributed by atoms with van der Waals surface area (Å²) in [6.07, 6.45) is 2.07. The summed E-state index contributed by atoms with van der Waals surface area (Å²) in [7, 11) is 0. The van der Waals surface area contributed by atoms with Crippen molar-refractivity contribution in [3.63, 3.8) is 0 Å². The van der Waals surface area contributed by atoms with Gasteiger partial charge in [0.25, 0.3) is 0 Å². The number of alkyl halides is 3. The molecule has 2 nitrogen and oxygen atoms in total. The van der Waals surface area contributed by atoms with Crippen LogP contribution in [0.2, 0.25) is 0 Å². The van der Waals surface area contributed by atoms with E-state index >= 15 is 0 Å². The van der Waals surface area contributed by atoms with E-state index in [-0.39, 0.29) is 17.5 Å². The van der Waals surface area contributed by atoms with E-state index < -0.39 is 11.7 Å². The second-order valence-corrected chi connectivity index (χ2v) is 6.49. The lowest BCUT2D eigenvalue weighted by atomic mass is 9.95. The van der Waals surface area contributed by atoms with Crippen molar-refractivity contribution >= 4 is 5.78 Å². The van der Waals surface area contributed by atoms with E-state index in [1.54, 1.807) is 6.07 Å². The molecule has 2 rings (SSSR count). The summed E-state index contributed by atoms with van der Waals surface area (Å²) in [5.41, 5.74) is -0.142. The number of halogens is 3. The lowest BCUT2D eigenvalue weighted by Crippen LogP contribution is -2.11. The van der Waals surface area contributed by atoms with E-state index in [1.165, 1.54) is 6.07 Å². The number of carbonyl (C=O) groups is 1. The second-order valence-electron chi connectivity index (χ2n) is 6.49. The first kappa shape index (κ1) is 18.8. The Balaban J connectivity index is 2.03. The molecule has 1 fully saturated rings. The van der Waals surface area contributed by atoms with Gasteiger partial charge in [-0.15, -0.1) is 0 Å². The fraction of sp³-hybridized carbons (Fsp3) is 0.632. The first-order valence-electron chi connectivity index (χ1n) is 8.77. The van der Waals surface area contributed by atoms with E-state index in [1.807, 2.05) is 0 Å². The van der Waals surface area contributed by atoms with Gasteiger partial charge in [0.1, 0.15) is 11.5 Å². The van der Waals surface area contributed by atoms with Gasteiger partial charge in [-0.2, -0.15) is 13.2 Å². The molecule has 0 aliphatic heterocycles. The summed E-state index contributed by atoms with van der Waals surface area (Å²) >= 11 is 0. The predicted molar refractivity (Wildman–Crippen MR) is 87.3 cm³/mol. The van der Waals surface area contributed by atoms with Crippen LogP contribution in [0.25, 0.3) is 0 Å². The highest BCUT2D eigenvalue weighted by Gasteiger charge is 2.36. The Bertz CT molecular complexity index is 552. The van der Waals surface area contributed by atoms with Crippen molar-refractivity contribution in [1.82, 2.24) is 0 Å². The molecule has 1 aliphatic carbocycles. The Labute approximate surface area is 141 Å². The zero-order chi connectivity index (χ0) is 17.6. The number of hydrogen-bond donors (Lipinski definition) is 0. The highest BCUT2D eigenvalue weighted by atomic mass is 19.4. The van der Waals surface area contributed by atoms with Crippen molar-refractivity contribution in [2.75, 3.05) is 6.61 Å². The Kier molecular flexibility index (Phi) is 6.69. The first-order chi connectivity index (χ1) is 11.4. The summed E-state index contributed by atoms with van der Waals surface area (Å²) in [5.74, 6) is -0.0753. The second kappa shape index (κ2) is 8.54. The quantitative estimate of drug-likeness (QED) is 0.551. The van der Waals surface area contributed by atoms with Gasteiger partial charge < -0.3 is 4.74 Å². The Hall–Kier alpha value is -1.52. The maximum absolute atomic E-state index is 13.3. The molecule has 0 aromatic heterocycles. The van der Waals surface area contributed by atoms with E-state index in [4.69, 9.17) is 4.74 Å². The molecule has 0 heterocycles. The van der Waals surface area contributed by atoms with Crippen molar-refractivity contribution < 1.29 is 22.7 Å². The summed E-state index contributed by atoms with van der Waals surface area (Å²) < 4.78 is 45.4. The predicted octanol–water partition coefficient (Wildman–Crippen LogP) is 5.89. The average molecular weight is 342 g/mol. The molecule has 0 bridgehead atoms. The molecular formula is C19H25F3O2. The Morgan fingerprint density at radius 1 is 1.17 bits per heavy atom. The minimum absolute atomic E-state index is 0.0957. The highest BCUT2D eigenvalue weighted by Crippen LogP contribution is 2.40. The van der Waals surface area contributed by atoms with E-state index in [0.29, 0.717) is 31.4 Å². The van der Waals surface area contributed by atoms with Crippen molar-refractivity contribution in [2.24, 2.45) is 0 Å². The Morgan fingerprint density at radius 3 is 2.54 bits per heavy atom. The molecule has 1 saturated carbocycles. The van der Waals surface area contributed by atoms with Crippen LogP contribution in [0.5, 0.6) is 5.75 Å². The highest BCUT2D eigenvalue weighted by molar-refractivity contribution is 5.81. The largest absolute Gasteiger partial charge is 0.493 e. The van der Waals surface area contributed by atoms with Gasteiger partial charge in [-0.3, -0.25) is 4.79 Å². The van der Waals surface area contributed by atoms with Gasteiger partial charge in [0.2, 0.25) is 0 Å². The topological polar surface area (TPSA) is 26.3 Å². The molecule has 0 radical (unpaired) electrons. The number of carbonyl (C=O) groups excluding carboxylic acids is 1. The summed E-state index contributed by atoms with van der Waals surface area (Å²) in [5, 5.41) is 0. The minimum atomic E-state index is -4.45. The van der Waals surface area contributed by atoms with Gasteiger partial charge in [0.05, 0.1) is 12.2 Å². The smallest absolute Gasteiger partial charge is 0.419 e. The molecule has 24 heavy (non-hydrogen) atoms. The number of hydrogen-bond acceptors (Lipinski definition) is 2. The molecule has 1 aromatic rings. The van der Waals surface area contributed by atoms with Gasteiger partial charge in [-0.05, 0) is 36.5 Å². The maximum Gasteiger partial charge on any atom is 0.419 e. The monoisotopic (exact) mass is 342 g/mol. The van der Waals surface area contributed by atoms with Gasteiger partial charge in [0, 0.05) is 12.8 Å². The van der Waals surface area contributed by atoms with Crippen LogP contribution in [0.4, 0.5) is 13.2 Å². The van der Waals surface area contributed by atoms with Crippen LogP contribution in [0.3, 0.4) is 0 Å². The van der Waals surface area contributed by atoms with Crippen LogP contribution in [-0.4, -0.2) is 12.4 Å². The zero-order valence-corrected chi connectivity index (χ0v) is 14.1. The zero-order valence-electron chi connectivity index (χ0n) is 14.1.